The number of carbonyl (C=O) groups is 1. The molecular formula is C25H33NO5Si. The van der Waals surface area contributed by atoms with E-state index in [-0.39, 0.29) is 17.4 Å². The quantitative estimate of drug-likeness (QED) is 0.333. The molecule has 3 rings (SSSR count). The van der Waals surface area contributed by atoms with E-state index < -0.39 is 9.04 Å². The van der Waals surface area contributed by atoms with E-state index in [0.717, 1.165) is 22.6 Å². The van der Waals surface area contributed by atoms with Crippen LogP contribution < -0.4 is 23.5 Å². The molecule has 1 fully saturated rings. The van der Waals surface area contributed by atoms with Gasteiger partial charge in [-0.3, -0.25) is 9.69 Å². The number of β-lactam (4-membered cyclic amide) rings is 1. The minimum atomic E-state index is -1.47. The van der Waals surface area contributed by atoms with Crippen LogP contribution in [-0.2, 0) is 10.2 Å². The molecule has 1 aliphatic rings. The second kappa shape index (κ2) is 8.90. The number of methoxy groups -OCH3 is 3. The monoisotopic (exact) mass is 455 g/mol. The highest BCUT2D eigenvalue weighted by Gasteiger charge is 2.45. The van der Waals surface area contributed by atoms with Gasteiger partial charge in [0.2, 0.25) is 9.04 Å². The highest BCUT2D eigenvalue weighted by Crippen LogP contribution is 2.51. The van der Waals surface area contributed by atoms with Crippen molar-refractivity contribution < 1.29 is 23.4 Å². The standard InChI is InChI=1S/C25H33NO5Si/c1-15-22(26(24(15)27)16-12-17(28-5)14-18(13-16)29-6)19-10-11-20(30-7)21(25(2,3)4)23(19)31-32(8)9/h10-14,22,32H,1H2,2-9H3/t22-/m1/s1. The molecule has 0 N–H and O–H groups in total. The van der Waals surface area contributed by atoms with Crippen LogP contribution in [0.4, 0.5) is 5.69 Å². The summed E-state index contributed by atoms with van der Waals surface area (Å²) in [5.74, 6) is 2.65. The number of carbonyl (C=O) groups excluding carboxylic acids is 1. The summed E-state index contributed by atoms with van der Waals surface area (Å²) in [6.07, 6.45) is 0. The Kier molecular flexibility index (Phi) is 6.60. The van der Waals surface area contributed by atoms with E-state index in [4.69, 9.17) is 18.6 Å². The summed E-state index contributed by atoms with van der Waals surface area (Å²) in [5, 5.41) is 0. The first-order chi connectivity index (χ1) is 15.0. The van der Waals surface area contributed by atoms with Gasteiger partial charge in [-0.15, -0.1) is 0 Å². The predicted molar refractivity (Wildman–Crippen MR) is 130 cm³/mol. The van der Waals surface area contributed by atoms with Crippen LogP contribution in [0, 0.1) is 0 Å². The fraction of sp³-hybridized carbons (Fsp3) is 0.400. The van der Waals surface area contributed by atoms with Crippen LogP contribution >= 0.6 is 0 Å². The molecule has 0 saturated carbocycles. The summed E-state index contributed by atoms with van der Waals surface area (Å²) in [4.78, 5) is 14.7. The van der Waals surface area contributed by atoms with Gasteiger partial charge >= 0.3 is 0 Å². The summed E-state index contributed by atoms with van der Waals surface area (Å²) in [6, 6.07) is 9.01. The SMILES string of the molecule is C=C1C(=O)N(c2cc(OC)cc(OC)c2)[C@H]1c1ccc(OC)c(C(C)(C)C)c1O[SiH](C)C. The minimum Gasteiger partial charge on any atom is -0.546 e. The molecule has 1 saturated heterocycles. The average Bonchev–Trinajstić information content (AvgIpc) is 2.74. The molecule has 0 spiro atoms. The first kappa shape index (κ1) is 23.7. The number of benzene rings is 2. The second-order valence-electron chi connectivity index (χ2n) is 9.15. The van der Waals surface area contributed by atoms with Crippen molar-refractivity contribution >= 4 is 20.6 Å². The van der Waals surface area contributed by atoms with Crippen LogP contribution in [-0.4, -0.2) is 36.3 Å². The van der Waals surface area contributed by atoms with Crippen molar-refractivity contribution in [3.8, 4) is 23.0 Å². The summed E-state index contributed by atoms with van der Waals surface area (Å²) < 4.78 is 23.0. The fourth-order valence-electron chi connectivity index (χ4n) is 4.04. The van der Waals surface area contributed by atoms with Gasteiger partial charge in [-0.05, 0) is 30.6 Å². The topological polar surface area (TPSA) is 57.2 Å². The number of nitrogens with zero attached hydrogens (tertiary/aromatic N) is 1. The van der Waals surface area contributed by atoms with Gasteiger partial charge in [0.05, 0.1) is 33.1 Å². The first-order valence-electron chi connectivity index (χ1n) is 10.7. The Morgan fingerprint density at radius 3 is 2.03 bits per heavy atom. The molecule has 1 atom stereocenters. The van der Waals surface area contributed by atoms with Gasteiger partial charge in [-0.2, -0.15) is 0 Å². The van der Waals surface area contributed by atoms with Gasteiger partial charge in [-0.25, -0.2) is 0 Å². The van der Waals surface area contributed by atoms with Gasteiger partial charge < -0.3 is 18.6 Å². The van der Waals surface area contributed by atoms with Crippen molar-refractivity contribution in [1.29, 1.82) is 0 Å². The van der Waals surface area contributed by atoms with Crippen molar-refractivity contribution in [3.63, 3.8) is 0 Å². The summed E-state index contributed by atoms with van der Waals surface area (Å²) in [5.41, 5.74) is 2.88. The molecule has 0 radical (unpaired) electrons. The average molecular weight is 456 g/mol. The molecule has 0 aliphatic carbocycles. The minimum absolute atomic E-state index is 0.133. The van der Waals surface area contributed by atoms with Crippen molar-refractivity contribution in [1.82, 2.24) is 0 Å². The second-order valence-corrected chi connectivity index (χ2v) is 11.5. The zero-order valence-electron chi connectivity index (χ0n) is 20.2. The first-order valence-corrected chi connectivity index (χ1v) is 13.4. The lowest BCUT2D eigenvalue weighted by Crippen LogP contribution is -2.49. The Hall–Kier alpha value is -2.93. The maximum atomic E-state index is 13.0. The van der Waals surface area contributed by atoms with E-state index in [9.17, 15) is 4.79 Å². The van der Waals surface area contributed by atoms with Gasteiger partial charge in [0.15, 0.2) is 0 Å². The van der Waals surface area contributed by atoms with Crippen molar-refractivity contribution in [3.05, 3.63) is 53.6 Å². The lowest BCUT2D eigenvalue weighted by Gasteiger charge is -2.44. The zero-order chi connectivity index (χ0) is 23.8. The Morgan fingerprint density at radius 1 is 0.969 bits per heavy atom. The van der Waals surface area contributed by atoms with Crippen LogP contribution in [0.15, 0.2) is 42.5 Å². The van der Waals surface area contributed by atoms with Crippen LogP contribution in [0.3, 0.4) is 0 Å². The molecule has 2 aromatic rings. The summed E-state index contributed by atoms with van der Waals surface area (Å²) in [7, 11) is 3.37. The molecule has 0 unspecified atom stereocenters. The molecule has 6 nitrogen and oxygen atoms in total. The van der Waals surface area contributed by atoms with Crippen LogP contribution in [0.2, 0.25) is 13.1 Å². The molecule has 1 heterocycles. The Bertz CT molecular complexity index is 1020. The van der Waals surface area contributed by atoms with Gasteiger partial charge in [-0.1, -0.05) is 27.4 Å². The molecule has 7 heteroatoms. The van der Waals surface area contributed by atoms with Gasteiger partial charge in [0.25, 0.3) is 5.91 Å². The molecule has 32 heavy (non-hydrogen) atoms. The predicted octanol–water partition coefficient (Wildman–Crippen LogP) is 5.02. The fourth-order valence-corrected chi connectivity index (χ4v) is 4.77. The zero-order valence-corrected chi connectivity index (χ0v) is 21.4. The molecule has 1 amide bonds. The number of hydrogen-bond donors (Lipinski definition) is 0. The van der Waals surface area contributed by atoms with Gasteiger partial charge in [0.1, 0.15) is 23.0 Å². The third kappa shape index (κ3) is 4.21. The number of amides is 1. The summed E-state index contributed by atoms with van der Waals surface area (Å²) >= 11 is 0. The number of ether oxygens (including phenoxy) is 3. The van der Waals surface area contributed by atoms with Gasteiger partial charge in [0, 0.05) is 34.9 Å². The third-order valence-electron chi connectivity index (χ3n) is 5.46. The molecule has 0 bridgehead atoms. The van der Waals surface area contributed by atoms with E-state index in [2.05, 4.69) is 40.4 Å². The van der Waals surface area contributed by atoms with Crippen LogP contribution in [0.5, 0.6) is 23.0 Å². The third-order valence-corrected chi connectivity index (χ3v) is 6.17. The van der Waals surface area contributed by atoms with Crippen LogP contribution in [0.25, 0.3) is 0 Å². The highest BCUT2D eigenvalue weighted by molar-refractivity contribution is 6.49. The summed E-state index contributed by atoms with van der Waals surface area (Å²) in [6.45, 7) is 14.7. The Labute approximate surface area is 192 Å². The van der Waals surface area contributed by atoms with E-state index in [1.807, 2.05) is 24.3 Å². The molecular weight excluding hydrogens is 422 g/mol. The van der Waals surface area contributed by atoms with Crippen LogP contribution in [0.1, 0.15) is 37.9 Å². The molecule has 172 valence electrons. The largest absolute Gasteiger partial charge is 0.546 e. The van der Waals surface area contributed by atoms with E-state index in [1.165, 1.54) is 0 Å². The van der Waals surface area contributed by atoms with E-state index in [1.54, 1.807) is 32.3 Å². The number of rotatable bonds is 7. The van der Waals surface area contributed by atoms with E-state index in [0.29, 0.717) is 22.8 Å². The van der Waals surface area contributed by atoms with Crippen molar-refractivity contribution in [2.75, 3.05) is 26.2 Å². The number of anilines is 1. The van der Waals surface area contributed by atoms with E-state index >= 15 is 0 Å². The number of hydrogen-bond acceptors (Lipinski definition) is 5. The smallest absolute Gasteiger partial charge is 0.256 e. The lowest BCUT2D eigenvalue weighted by atomic mass is 9.80. The molecule has 0 aromatic heterocycles. The lowest BCUT2D eigenvalue weighted by molar-refractivity contribution is -0.118. The molecule has 1 aliphatic heterocycles. The Balaban J connectivity index is 2.22. The van der Waals surface area contributed by atoms with Crippen molar-refractivity contribution in [2.45, 2.75) is 45.3 Å². The normalized spacial score (nSPS) is 16.2. The van der Waals surface area contributed by atoms with Crippen molar-refractivity contribution in [2.24, 2.45) is 0 Å². The molecule has 2 aromatic carbocycles. The maximum Gasteiger partial charge on any atom is 0.256 e. The Morgan fingerprint density at radius 2 is 1.56 bits per heavy atom. The maximum absolute atomic E-state index is 13.0. The highest BCUT2D eigenvalue weighted by atomic mass is 28.3.